The molecule has 0 bridgehead atoms. The number of methoxy groups -OCH3 is 1. The van der Waals surface area contributed by atoms with E-state index in [1.54, 1.807) is 7.11 Å². The van der Waals surface area contributed by atoms with E-state index in [0.29, 0.717) is 18.4 Å². The van der Waals surface area contributed by atoms with Gasteiger partial charge in [-0.1, -0.05) is 33.3 Å². The molecule has 0 spiro atoms. The molecular formula is C16H28N2O. The van der Waals surface area contributed by atoms with Crippen molar-refractivity contribution < 1.29 is 4.74 Å². The standard InChI is InChI=1S/C16H28N2O/c1-6-12(9-17)16(18)14-8-13(10(2)3)15(19-5)7-11(14)4/h7-8,10,12,16H,6,9,17-18H2,1-5H3. The van der Waals surface area contributed by atoms with Crippen LogP contribution in [-0.2, 0) is 0 Å². The topological polar surface area (TPSA) is 61.3 Å². The molecule has 1 rings (SSSR count). The van der Waals surface area contributed by atoms with Crippen LogP contribution in [0.5, 0.6) is 5.75 Å². The van der Waals surface area contributed by atoms with Crippen LogP contribution < -0.4 is 16.2 Å². The van der Waals surface area contributed by atoms with Crippen LogP contribution >= 0.6 is 0 Å². The molecule has 0 aliphatic heterocycles. The van der Waals surface area contributed by atoms with Gasteiger partial charge >= 0.3 is 0 Å². The summed E-state index contributed by atoms with van der Waals surface area (Å²) < 4.78 is 5.47. The summed E-state index contributed by atoms with van der Waals surface area (Å²) in [5.41, 5.74) is 15.8. The summed E-state index contributed by atoms with van der Waals surface area (Å²) >= 11 is 0. The molecule has 0 radical (unpaired) electrons. The normalized spacial score (nSPS) is 14.5. The molecule has 0 aliphatic rings. The fraction of sp³-hybridized carbons (Fsp3) is 0.625. The summed E-state index contributed by atoms with van der Waals surface area (Å²) in [4.78, 5) is 0. The zero-order chi connectivity index (χ0) is 14.6. The number of hydrogen-bond donors (Lipinski definition) is 2. The predicted molar refractivity (Wildman–Crippen MR) is 81.6 cm³/mol. The largest absolute Gasteiger partial charge is 0.496 e. The quantitative estimate of drug-likeness (QED) is 0.830. The Bertz CT molecular complexity index is 411. The molecule has 3 heteroatoms. The first kappa shape index (κ1) is 16.0. The van der Waals surface area contributed by atoms with Crippen molar-refractivity contribution in [2.75, 3.05) is 13.7 Å². The second-order valence-corrected chi connectivity index (χ2v) is 5.54. The van der Waals surface area contributed by atoms with Crippen molar-refractivity contribution >= 4 is 0 Å². The van der Waals surface area contributed by atoms with Crippen molar-refractivity contribution in [1.29, 1.82) is 0 Å². The number of hydrogen-bond acceptors (Lipinski definition) is 3. The van der Waals surface area contributed by atoms with Gasteiger partial charge in [-0.2, -0.15) is 0 Å². The monoisotopic (exact) mass is 264 g/mol. The first-order chi connectivity index (χ1) is 8.96. The minimum absolute atomic E-state index is 0.00148. The Morgan fingerprint density at radius 3 is 2.26 bits per heavy atom. The van der Waals surface area contributed by atoms with Crippen molar-refractivity contribution in [3.05, 3.63) is 28.8 Å². The Kier molecular flexibility index (Phi) is 5.83. The van der Waals surface area contributed by atoms with E-state index in [9.17, 15) is 0 Å². The third kappa shape index (κ3) is 3.48. The molecule has 4 N–H and O–H groups in total. The highest BCUT2D eigenvalue weighted by atomic mass is 16.5. The Labute approximate surface area is 117 Å². The third-order valence-corrected chi connectivity index (χ3v) is 3.93. The zero-order valence-corrected chi connectivity index (χ0v) is 12.9. The maximum absolute atomic E-state index is 6.40. The van der Waals surface area contributed by atoms with Gasteiger partial charge in [0.2, 0.25) is 0 Å². The molecule has 1 aromatic carbocycles. The van der Waals surface area contributed by atoms with Gasteiger partial charge in [0.05, 0.1) is 7.11 Å². The second kappa shape index (κ2) is 6.92. The summed E-state index contributed by atoms with van der Waals surface area (Å²) in [6.07, 6.45) is 1.00. The summed E-state index contributed by atoms with van der Waals surface area (Å²) in [7, 11) is 1.72. The van der Waals surface area contributed by atoms with E-state index in [2.05, 4.69) is 39.8 Å². The molecule has 3 nitrogen and oxygen atoms in total. The van der Waals surface area contributed by atoms with Gasteiger partial charge in [-0.15, -0.1) is 0 Å². The van der Waals surface area contributed by atoms with Gasteiger partial charge < -0.3 is 16.2 Å². The van der Waals surface area contributed by atoms with E-state index in [1.165, 1.54) is 16.7 Å². The highest BCUT2D eigenvalue weighted by Gasteiger charge is 2.20. The second-order valence-electron chi connectivity index (χ2n) is 5.54. The molecule has 2 unspecified atom stereocenters. The van der Waals surface area contributed by atoms with E-state index in [1.807, 2.05) is 0 Å². The van der Waals surface area contributed by atoms with Crippen LogP contribution in [0, 0.1) is 12.8 Å². The molecule has 0 saturated heterocycles. The van der Waals surface area contributed by atoms with E-state index in [0.717, 1.165) is 12.2 Å². The summed E-state index contributed by atoms with van der Waals surface area (Å²) in [6, 6.07) is 4.29. The van der Waals surface area contributed by atoms with Crippen LogP contribution in [0.25, 0.3) is 0 Å². The Morgan fingerprint density at radius 2 is 1.84 bits per heavy atom. The van der Waals surface area contributed by atoms with Crippen molar-refractivity contribution in [3.63, 3.8) is 0 Å². The Balaban J connectivity index is 3.24. The number of benzene rings is 1. The van der Waals surface area contributed by atoms with Crippen LogP contribution in [0.3, 0.4) is 0 Å². The smallest absolute Gasteiger partial charge is 0.122 e. The molecule has 0 fully saturated rings. The lowest BCUT2D eigenvalue weighted by molar-refractivity contribution is 0.403. The maximum Gasteiger partial charge on any atom is 0.122 e. The summed E-state index contributed by atoms with van der Waals surface area (Å²) in [5, 5.41) is 0. The average molecular weight is 264 g/mol. The Morgan fingerprint density at radius 1 is 1.21 bits per heavy atom. The summed E-state index contributed by atoms with van der Waals surface area (Å²) in [6.45, 7) is 9.19. The lowest BCUT2D eigenvalue weighted by Gasteiger charge is -2.25. The minimum Gasteiger partial charge on any atom is -0.496 e. The molecular weight excluding hydrogens is 236 g/mol. The van der Waals surface area contributed by atoms with Crippen LogP contribution in [0.2, 0.25) is 0 Å². The molecule has 2 atom stereocenters. The maximum atomic E-state index is 6.40. The van der Waals surface area contributed by atoms with Gasteiger partial charge in [0, 0.05) is 6.04 Å². The van der Waals surface area contributed by atoms with Crippen molar-refractivity contribution in [2.24, 2.45) is 17.4 Å². The number of aryl methyl sites for hydroxylation is 1. The molecule has 0 heterocycles. The number of nitrogens with two attached hydrogens (primary N) is 2. The highest BCUT2D eigenvalue weighted by Crippen LogP contribution is 2.33. The van der Waals surface area contributed by atoms with Gasteiger partial charge in [0.1, 0.15) is 5.75 Å². The lowest BCUT2D eigenvalue weighted by atomic mass is 9.86. The number of ether oxygens (including phenoxy) is 1. The first-order valence-corrected chi connectivity index (χ1v) is 7.10. The van der Waals surface area contributed by atoms with E-state index < -0.39 is 0 Å². The molecule has 108 valence electrons. The fourth-order valence-electron chi connectivity index (χ4n) is 2.52. The molecule has 0 aromatic heterocycles. The van der Waals surface area contributed by atoms with Crippen molar-refractivity contribution in [3.8, 4) is 5.75 Å². The van der Waals surface area contributed by atoms with Gasteiger partial charge in [-0.3, -0.25) is 0 Å². The summed E-state index contributed by atoms with van der Waals surface area (Å²) in [5.74, 6) is 1.69. The van der Waals surface area contributed by atoms with Crippen molar-refractivity contribution in [1.82, 2.24) is 0 Å². The highest BCUT2D eigenvalue weighted by molar-refractivity contribution is 5.45. The van der Waals surface area contributed by atoms with Crippen molar-refractivity contribution in [2.45, 2.75) is 46.1 Å². The fourth-order valence-corrected chi connectivity index (χ4v) is 2.52. The van der Waals surface area contributed by atoms with Gasteiger partial charge in [0.25, 0.3) is 0 Å². The molecule has 0 aliphatic carbocycles. The van der Waals surface area contributed by atoms with Crippen LogP contribution in [0.15, 0.2) is 12.1 Å². The van der Waals surface area contributed by atoms with Gasteiger partial charge in [-0.05, 0) is 48.1 Å². The SMILES string of the molecule is CCC(CN)C(N)c1cc(C(C)C)c(OC)cc1C. The molecule has 0 saturated carbocycles. The van der Waals surface area contributed by atoms with Gasteiger partial charge in [-0.25, -0.2) is 0 Å². The lowest BCUT2D eigenvalue weighted by Crippen LogP contribution is -2.28. The van der Waals surface area contributed by atoms with Crippen LogP contribution in [0.4, 0.5) is 0 Å². The first-order valence-electron chi connectivity index (χ1n) is 7.10. The number of rotatable bonds is 6. The van der Waals surface area contributed by atoms with E-state index >= 15 is 0 Å². The molecule has 1 aromatic rings. The zero-order valence-electron chi connectivity index (χ0n) is 12.9. The molecule has 19 heavy (non-hydrogen) atoms. The van der Waals surface area contributed by atoms with Gasteiger partial charge in [0.15, 0.2) is 0 Å². The molecule has 0 amide bonds. The van der Waals surface area contributed by atoms with Crippen LogP contribution in [-0.4, -0.2) is 13.7 Å². The predicted octanol–water partition coefficient (Wildman–Crippen LogP) is 3.11. The van der Waals surface area contributed by atoms with Crippen LogP contribution in [0.1, 0.15) is 55.8 Å². The third-order valence-electron chi connectivity index (χ3n) is 3.93. The minimum atomic E-state index is -0.00148. The van der Waals surface area contributed by atoms with E-state index in [-0.39, 0.29) is 6.04 Å². The average Bonchev–Trinajstić information content (AvgIpc) is 2.39. The van der Waals surface area contributed by atoms with E-state index in [4.69, 9.17) is 16.2 Å². The Hall–Kier alpha value is -1.06.